The minimum Gasteiger partial charge on any atom is -0.379 e. The first-order valence-electron chi connectivity index (χ1n) is 12.6. The Hall–Kier alpha value is -3.76. The molecule has 2 atom stereocenters. The van der Waals surface area contributed by atoms with Crippen LogP contribution in [0.2, 0.25) is 0 Å². The smallest absolute Gasteiger partial charge is 0.339 e. The Morgan fingerprint density at radius 2 is 0.825 bits per heavy atom. The van der Waals surface area contributed by atoms with Crippen molar-refractivity contribution in [2.24, 2.45) is 0 Å². The molecule has 0 N–H and O–H groups in total. The van der Waals surface area contributed by atoms with E-state index in [1.54, 1.807) is 24.3 Å². The molecule has 4 aromatic carbocycles. The summed E-state index contributed by atoms with van der Waals surface area (Å²) < 4.78 is 86.9. The molecular weight excluding hydrogens is 558 g/mol. The van der Waals surface area contributed by atoms with Crippen LogP contribution in [0.1, 0.15) is 49.7 Å². The third-order valence-electron chi connectivity index (χ3n) is 6.60. The van der Waals surface area contributed by atoms with E-state index in [1.165, 1.54) is 0 Å². The van der Waals surface area contributed by atoms with E-state index in [0.29, 0.717) is 0 Å². The van der Waals surface area contributed by atoms with Gasteiger partial charge in [0.2, 0.25) is 0 Å². The lowest BCUT2D eigenvalue weighted by Crippen LogP contribution is -2.12. The molecule has 0 fully saturated rings. The second kappa shape index (κ2) is 12.2. The second-order valence-electron chi connectivity index (χ2n) is 9.15. The van der Waals surface area contributed by atoms with E-state index in [-0.39, 0.29) is 33.1 Å². The molecule has 0 saturated heterocycles. The van der Waals surface area contributed by atoms with Crippen LogP contribution in [-0.2, 0) is 20.2 Å². The average Bonchev–Trinajstić information content (AvgIpc) is 2.93. The van der Waals surface area contributed by atoms with Gasteiger partial charge in [0.15, 0.2) is 0 Å². The first-order valence-corrected chi connectivity index (χ1v) is 15.4. The van der Waals surface area contributed by atoms with E-state index in [1.807, 2.05) is 24.3 Å². The molecule has 0 bridgehead atoms. The molecule has 210 valence electrons. The maximum Gasteiger partial charge on any atom is 0.339 e. The predicted molar refractivity (Wildman–Crippen MR) is 147 cm³/mol. The van der Waals surface area contributed by atoms with Gasteiger partial charge in [-0.15, -0.1) is 0 Å². The summed E-state index contributed by atoms with van der Waals surface area (Å²) >= 11 is 0. The van der Waals surface area contributed by atoms with Crippen molar-refractivity contribution < 1.29 is 34.0 Å². The van der Waals surface area contributed by atoms with Gasteiger partial charge in [0.25, 0.3) is 0 Å². The van der Waals surface area contributed by atoms with E-state index in [0.717, 1.165) is 72.5 Å². The minimum absolute atomic E-state index is 0.0856. The topological polar surface area (TPSA) is 86.7 Å². The molecule has 0 aromatic heterocycles. The Kier molecular flexibility index (Phi) is 8.90. The maximum atomic E-state index is 13.2. The normalized spacial score (nSPS) is 13.4. The van der Waals surface area contributed by atoms with Crippen molar-refractivity contribution in [2.75, 3.05) is 0 Å². The number of hydrogen-bond acceptors (Lipinski definition) is 6. The number of rotatable bonds is 11. The van der Waals surface area contributed by atoms with Gasteiger partial charge in [-0.3, -0.25) is 0 Å². The highest BCUT2D eigenvalue weighted by molar-refractivity contribution is 7.87. The summed E-state index contributed by atoms with van der Waals surface area (Å²) in [5, 5.41) is 0. The molecule has 0 aliphatic heterocycles. The molecule has 0 radical (unpaired) electrons. The van der Waals surface area contributed by atoms with Gasteiger partial charge in [0, 0.05) is 0 Å². The van der Waals surface area contributed by atoms with Gasteiger partial charge < -0.3 is 8.37 Å². The zero-order valence-electron chi connectivity index (χ0n) is 21.8. The van der Waals surface area contributed by atoms with Crippen LogP contribution in [0.3, 0.4) is 0 Å². The molecule has 40 heavy (non-hydrogen) atoms. The molecule has 4 aromatic rings. The monoisotopic (exact) mass is 586 g/mol. The van der Waals surface area contributed by atoms with Crippen LogP contribution in [-0.4, -0.2) is 16.8 Å². The van der Waals surface area contributed by atoms with Crippen LogP contribution in [0, 0.1) is 11.6 Å². The number of hydrogen-bond donors (Lipinski definition) is 0. The summed E-state index contributed by atoms with van der Waals surface area (Å²) in [7, 11) is -8.22. The first kappa shape index (κ1) is 29.2. The molecule has 0 saturated carbocycles. The fourth-order valence-electron chi connectivity index (χ4n) is 4.60. The Morgan fingerprint density at radius 3 is 1.10 bits per heavy atom. The van der Waals surface area contributed by atoms with E-state index in [2.05, 4.69) is 13.8 Å². The highest BCUT2D eigenvalue weighted by Crippen LogP contribution is 2.39. The van der Waals surface area contributed by atoms with Crippen LogP contribution in [0.5, 0.6) is 11.5 Å². The standard InChI is InChI=1S/C30H28F2O6S2/c1-3-29(21-5-13-25(14-6-21)37-39(33,34)27-17-9-23(31)10-18-27)30(4-2)22-7-15-26(16-8-22)38-40(35,36)28-19-11-24(32)12-20-28/h5-20,29-30H,3-4H2,1-2H3/t29-,30+. The van der Waals surface area contributed by atoms with Crippen molar-refractivity contribution in [2.45, 2.75) is 48.3 Å². The Balaban J connectivity index is 1.48. The molecule has 0 heterocycles. The molecule has 0 aliphatic carbocycles. The molecule has 6 nitrogen and oxygen atoms in total. The number of halogens is 2. The largest absolute Gasteiger partial charge is 0.379 e. The van der Waals surface area contributed by atoms with Crippen molar-refractivity contribution in [3.63, 3.8) is 0 Å². The van der Waals surface area contributed by atoms with Crippen molar-refractivity contribution in [1.29, 1.82) is 0 Å². The van der Waals surface area contributed by atoms with E-state index in [4.69, 9.17) is 8.37 Å². The minimum atomic E-state index is -4.11. The lowest BCUT2D eigenvalue weighted by atomic mass is 9.78. The van der Waals surface area contributed by atoms with Crippen molar-refractivity contribution in [3.05, 3.63) is 120 Å². The summed E-state index contributed by atoms with van der Waals surface area (Å²) in [6.07, 6.45) is 1.59. The zero-order valence-corrected chi connectivity index (χ0v) is 23.5. The predicted octanol–water partition coefficient (Wildman–Crippen LogP) is 7.19. The van der Waals surface area contributed by atoms with Gasteiger partial charge in [-0.05, 0) is 109 Å². The molecule has 10 heteroatoms. The molecule has 0 amide bonds. The average molecular weight is 587 g/mol. The van der Waals surface area contributed by atoms with Crippen LogP contribution in [0.4, 0.5) is 8.78 Å². The van der Waals surface area contributed by atoms with Crippen molar-refractivity contribution in [1.82, 2.24) is 0 Å². The summed E-state index contributed by atoms with van der Waals surface area (Å²) in [6, 6.07) is 22.4. The Labute approximate surface area is 233 Å². The van der Waals surface area contributed by atoms with E-state index < -0.39 is 31.9 Å². The third-order valence-corrected chi connectivity index (χ3v) is 9.12. The summed E-state index contributed by atoms with van der Waals surface area (Å²) in [4.78, 5) is -0.290. The third kappa shape index (κ3) is 6.86. The Morgan fingerprint density at radius 1 is 0.525 bits per heavy atom. The lowest BCUT2D eigenvalue weighted by molar-refractivity contribution is 0.481. The van der Waals surface area contributed by atoms with Gasteiger partial charge in [-0.1, -0.05) is 38.1 Å². The Bertz CT molecular complexity index is 1510. The number of benzene rings is 4. The van der Waals surface area contributed by atoms with Crippen LogP contribution >= 0.6 is 0 Å². The van der Waals surface area contributed by atoms with Gasteiger partial charge in [-0.25, -0.2) is 8.78 Å². The van der Waals surface area contributed by atoms with Crippen molar-refractivity contribution >= 4 is 20.2 Å². The van der Waals surface area contributed by atoms with Crippen molar-refractivity contribution in [3.8, 4) is 11.5 Å². The highest BCUT2D eigenvalue weighted by Gasteiger charge is 2.24. The highest BCUT2D eigenvalue weighted by atomic mass is 32.2. The molecule has 0 aliphatic rings. The quantitative estimate of drug-likeness (QED) is 0.173. The van der Waals surface area contributed by atoms with Gasteiger partial charge in [0.1, 0.15) is 32.9 Å². The fraction of sp³-hybridized carbons (Fsp3) is 0.200. The molecular formula is C30H28F2O6S2. The SMILES string of the molecule is CC[C@H](c1ccc(OS(=O)(=O)c2ccc(F)cc2)cc1)[C@@H](CC)c1ccc(OS(=O)(=O)c2ccc(F)cc2)cc1. The molecule has 0 unspecified atom stereocenters. The second-order valence-corrected chi connectivity index (χ2v) is 12.2. The summed E-state index contributed by atoms with van der Waals surface area (Å²) in [5.74, 6) is -0.641. The van der Waals surface area contributed by atoms with Gasteiger partial charge in [-0.2, -0.15) is 16.8 Å². The molecule has 0 spiro atoms. The summed E-state index contributed by atoms with van der Waals surface area (Å²) in [6.45, 7) is 4.12. The lowest BCUT2D eigenvalue weighted by Gasteiger charge is -2.26. The maximum absolute atomic E-state index is 13.2. The fourth-order valence-corrected chi connectivity index (χ4v) is 6.46. The van der Waals surface area contributed by atoms with Crippen LogP contribution in [0.25, 0.3) is 0 Å². The van der Waals surface area contributed by atoms with Crippen LogP contribution in [0.15, 0.2) is 107 Å². The molecule has 4 rings (SSSR count). The zero-order chi connectivity index (χ0) is 28.9. The summed E-state index contributed by atoms with van der Waals surface area (Å²) in [5.41, 5.74) is 1.97. The van der Waals surface area contributed by atoms with E-state index >= 15 is 0 Å². The van der Waals surface area contributed by atoms with Gasteiger partial charge in [0.05, 0.1) is 0 Å². The first-order chi connectivity index (χ1) is 19.0. The van der Waals surface area contributed by atoms with Crippen LogP contribution < -0.4 is 8.37 Å². The van der Waals surface area contributed by atoms with E-state index in [9.17, 15) is 25.6 Å². The van der Waals surface area contributed by atoms with Gasteiger partial charge >= 0.3 is 20.2 Å².